The number of halogens is 3. The number of hydrogen-bond donors (Lipinski definition) is 1. The molecule has 0 aliphatic rings. The molecular weight excluding hydrogens is 373 g/mol. The molecule has 1 atom stereocenters. The predicted octanol–water partition coefficient (Wildman–Crippen LogP) is 1.28. The zero-order chi connectivity index (χ0) is 19.2. The molecule has 3 rings (SSSR count). The monoisotopic (exact) mass is 384 g/mol. The summed E-state index contributed by atoms with van der Waals surface area (Å²) in [5.74, 6) is -0.723. The van der Waals surface area contributed by atoms with Gasteiger partial charge in [-0.15, -0.1) is 10.2 Å². The molecule has 2 N–H and O–H groups in total. The molecule has 3 aromatic rings. The van der Waals surface area contributed by atoms with Crippen LogP contribution in [0.5, 0.6) is 0 Å². The Labute approximate surface area is 146 Å². The molecule has 12 heteroatoms. The second kappa shape index (κ2) is 6.12. The van der Waals surface area contributed by atoms with Gasteiger partial charge in [0.1, 0.15) is 16.9 Å². The molecule has 3 aromatic heterocycles. The van der Waals surface area contributed by atoms with E-state index in [4.69, 9.17) is 5.73 Å². The first-order valence-corrected chi connectivity index (χ1v) is 8.57. The zero-order valence-electron chi connectivity index (χ0n) is 13.4. The number of carbonyl (C=O) groups is 1. The molecule has 136 valence electrons. The van der Waals surface area contributed by atoms with E-state index in [1.165, 1.54) is 30.0 Å². The number of fused-ring (bicyclic) bond motifs is 1. The van der Waals surface area contributed by atoms with Crippen LogP contribution in [0.15, 0.2) is 23.1 Å². The summed E-state index contributed by atoms with van der Waals surface area (Å²) in [5, 5.41) is 6.72. The van der Waals surface area contributed by atoms with Gasteiger partial charge in [-0.3, -0.25) is 9.00 Å². The van der Waals surface area contributed by atoms with Gasteiger partial charge in [-0.25, -0.2) is 9.97 Å². The lowest BCUT2D eigenvalue weighted by Gasteiger charge is -2.07. The SMILES string of the molecule is Cn1c(-c2nc(C(N)=O)ccc2S(C)=O)nc2cc(C(F)(F)F)nnc21. The summed E-state index contributed by atoms with van der Waals surface area (Å²) in [6, 6.07) is 3.48. The molecule has 0 saturated heterocycles. The minimum atomic E-state index is -4.67. The van der Waals surface area contributed by atoms with Gasteiger partial charge in [0, 0.05) is 19.4 Å². The highest BCUT2D eigenvalue weighted by Crippen LogP contribution is 2.30. The number of hydrogen-bond acceptors (Lipinski definition) is 6. The summed E-state index contributed by atoms with van der Waals surface area (Å²) < 4.78 is 51.8. The number of nitrogens with zero attached hydrogens (tertiary/aromatic N) is 5. The van der Waals surface area contributed by atoms with Crippen molar-refractivity contribution in [2.24, 2.45) is 12.8 Å². The largest absolute Gasteiger partial charge is 0.435 e. The third-order valence-electron chi connectivity index (χ3n) is 3.54. The van der Waals surface area contributed by atoms with Crippen LogP contribution >= 0.6 is 0 Å². The van der Waals surface area contributed by atoms with E-state index in [9.17, 15) is 22.2 Å². The first-order valence-electron chi connectivity index (χ1n) is 7.01. The fourth-order valence-electron chi connectivity index (χ4n) is 2.31. The first-order chi connectivity index (χ1) is 12.1. The van der Waals surface area contributed by atoms with Crippen LogP contribution in [0.1, 0.15) is 16.2 Å². The first kappa shape index (κ1) is 17.9. The standard InChI is InChI=1S/C14H11F3N6O2S/c1-23-12-7(5-9(21-22-12)14(15,16)17)20-13(23)10-8(26(2)25)4-3-6(19-10)11(18)24/h3-5H,1-2H3,(H2,18,24). The fraction of sp³-hybridized carbons (Fsp3) is 0.214. The topological polar surface area (TPSA) is 117 Å². The molecular formula is C14H11F3N6O2S. The summed E-state index contributed by atoms with van der Waals surface area (Å²) in [6.45, 7) is 0. The Hall–Kier alpha value is -2.89. The molecule has 0 bridgehead atoms. The highest BCUT2D eigenvalue weighted by molar-refractivity contribution is 7.84. The molecule has 3 heterocycles. The van der Waals surface area contributed by atoms with Gasteiger partial charge in [0.25, 0.3) is 5.91 Å². The summed E-state index contributed by atoms with van der Waals surface area (Å²) in [4.78, 5) is 19.8. The van der Waals surface area contributed by atoms with Crippen LogP contribution < -0.4 is 5.73 Å². The number of aryl methyl sites for hydroxylation is 1. The van der Waals surface area contributed by atoms with Crippen molar-refractivity contribution in [3.8, 4) is 11.5 Å². The van der Waals surface area contributed by atoms with Crippen molar-refractivity contribution in [3.63, 3.8) is 0 Å². The third-order valence-corrected chi connectivity index (χ3v) is 4.49. The van der Waals surface area contributed by atoms with Crippen molar-refractivity contribution in [1.29, 1.82) is 0 Å². The van der Waals surface area contributed by atoms with E-state index in [2.05, 4.69) is 20.2 Å². The normalized spacial score (nSPS) is 13.1. The lowest BCUT2D eigenvalue weighted by molar-refractivity contribution is -0.141. The molecule has 0 aromatic carbocycles. The average molecular weight is 384 g/mol. The van der Waals surface area contributed by atoms with Crippen molar-refractivity contribution in [1.82, 2.24) is 24.7 Å². The van der Waals surface area contributed by atoms with Crippen LogP contribution in [0.2, 0.25) is 0 Å². The van der Waals surface area contributed by atoms with Gasteiger partial charge in [0.15, 0.2) is 17.2 Å². The second-order valence-corrected chi connectivity index (χ2v) is 6.64. The quantitative estimate of drug-likeness (QED) is 0.727. The zero-order valence-corrected chi connectivity index (χ0v) is 14.2. The predicted molar refractivity (Wildman–Crippen MR) is 85.4 cm³/mol. The highest BCUT2D eigenvalue weighted by Gasteiger charge is 2.34. The van der Waals surface area contributed by atoms with E-state index in [0.29, 0.717) is 0 Å². The Balaban J connectivity index is 2.28. The number of rotatable bonds is 3. The Bertz CT molecular complexity index is 1060. The van der Waals surface area contributed by atoms with Gasteiger partial charge in [-0.05, 0) is 12.1 Å². The lowest BCUT2D eigenvalue weighted by Crippen LogP contribution is -2.14. The highest BCUT2D eigenvalue weighted by atomic mass is 32.2. The van der Waals surface area contributed by atoms with Crippen molar-refractivity contribution >= 4 is 27.9 Å². The summed E-state index contributed by atoms with van der Waals surface area (Å²) in [6.07, 6.45) is -3.27. The fourth-order valence-corrected chi connectivity index (χ4v) is 2.98. The third kappa shape index (κ3) is 3.03. The van der Waals surface area contributed by atoms with Crippen molar-refractivity contribution in [2.45, 2.75) is 11.1 Å². The van der Waals surface area contributed by atoms with E-state index in [1.54, 1.807) is 0 Å². The van der Waals surface area contributed by atoms with Gasteiger partial charge in [0.05, 0.1) is 15.7 Å². The lowest BCUT2D eigenvalue weighted by atomic mass is 10.2. The second-order valence-electron chi connectivity index (χ2n) is 5.29. The molecule has 0 radical (unpaired) electrons. The maximum absolute atomic E-state index is 12.8. The number of aromatic nitrogens is 5. The van der Waals surface area contributed by atoms with Crippen LogP contribution in [-0.2, 0) is 24.0 Å². The maximum Gasteiger partial charge on any atom is 0.435 e. The smallest absolute Gasteiger partial charge is 0.364 e. The van der Waals surface area contributed by atoms with Crippen LogP contribution in [-0.4, -0.2) is 41.1 Å². The maximum atomic E-state index is 12.8. The Kier molecular flexibility index (Phi) is 4.22. The average Bonchev–Trinajstić information content (AvgIpc) is 2.89. The molecule has 8 nitrogen and oxygen atoms in total. The van der Waals surface area contributed by atoms with E-state index in [-0.39, 0.29) is 33.3 Å². The molecule has 0 aliphatic carbocycles. The van der Waals surface area contributed by atoms with Gasteiger partial charge >= 0.3 is 6.18 Å². The van der Waals surface area contributed by atoms with Crippen molar-refractivity contribution in [2.75, 3.05) is 6.26 Å². The number of primary amides is 1. The molecule has 26 heavy (non-hydrogen) atoms. The van der Waals surface area contributed by atoms with E-state index in [1.807, 2.05) is 0 Å². The van der Waals surface area contributed by atoms with Gasteiger partial charge in [-0.2, -0.15) is 13.2 Å². The van der Waals surface area contributed by atoms with Crippen molar-refractivity contribution in [3.05, 3.63) is 29.6 Å². The Morgan fingerprint density at radius 2 is 1.92 bits per heavy atom. The van der Waals surface area contributed by atoms with E-state index < -0.39 is 28.6 Å². The molecule has 0 fully saturated rings. The number of pyridine rings is 1. The summed E-state index contributed by atoms with van der Waals surface area (Å²) in [7, 11) is -0.00124. The molecule has 0 saturated carbocycles. The summed E-state index contributed by atoms with van der Waals surface area (Å²) >= 11 is 0. The van der Waals surface area contributed by atoms with Crippen LogP contribution in [0.25, 0.3) is 22.7 Å². The molecule has 0 aliphatic heterocycles. The van der Waals surface area contributed by atoms with E-state index >= 15 is 0 Å². The molecule has 1 amide bonds. The molecule has 1 unspecified atom stereocenters. The van der Waals surface area contributed by atoms with E-state index in [0.717, 1.165) is 6.07 Å². The minimum Gasteiger partial charge on any atom is -0.364 e. The number of carbonyl (C=O) groups excluding carboxylic acids is 1. The van der Waals surface area contributed by atoms with Crippen LogP contribution in [0.4, 0.5) is 13.2 Å². The Morgan fingerprint density at radius 3 is 2.50 bits per heavy atom. The number of nitrogens with two attached hydrogens (primary N) is 1. The number of imidazole rings is 1. The van der Waals surface area contributed by atoms with Crippen LogP contribution in [0.3, 0.4) is 0 Å². The van der Waals surface area contributed by atoms with Crippen LogP contribution in [0, 0.1) is 0 Å². The van der Waals surface area contributed by atoms with Gasteiger partial charge in [-0.1, -0.05) is 0 Å². The summed E-state index contributed by atoms with van der Waals surface area (Å²) in [5.41, 5.74) is 4.01. The molecule has 0 spiro atoms. The van der Waals surface area contributed by atoms with Gasteiger partial charge in [0.2, 0.25) is 0 Å². The Morgan fingerprint density at radius 1 is 1.23 bits per heavy atom. The van der Waals surface area contributed by atoms with Crippen molar-refractivity contribution < 1.29 is 22.2 Å². The minimum absolute atomic E-state index is 0.0658. The number of alkyl halides is 3. The van der Waals surface area contributed by atoms with Gasteiger partial charge < -0.3 is 10.3 Å². The number of amides is 1.